The van der Waals surface area contributed by atoms with Gasteiger partial charge in [0.1, 0.15) is 6.61 Å². The zero-order valence-electron chi connectivity index (χ0n) is 9.67. The fourth-order valence-corrected chi connectivity index (χ4v) is 2.32. The smallest absolute Gasteiger partial charge is 0.113 e. The Morgan fingerprint density at radius 1 is 0.824 bits per heavy atom. The molecule has 1 radical (unpaired) electrons. The van der Waals surface area contributed by atoms with E-state index in [1.54, 1.807) is 0 Å². The van der Waals surface area contributed by atoms with Crippen molar-refractivity contribution >= 4 is 0 Å². The normalized spacial score (nSPS) is 14.8. The molecule has 0 N–H and O–H groups in total. The fourth-order valence-electron chi connectivity index (χ4n) is 2.32. The van der Waals surface area contributed by atoms with Gasteiger partial charge in [0.25, 0.3) is 0 Å². The molecule has 2 aromatic carbocycles. The van der Waals surface area contributed by atoms with Gasteiger partial charge in [0.2, 0.25) is 0 Å². The average Bonchev–Trinajstić information content (AvgIpc) is 2.80. The summed E-state index contributed by atoms with van der Waals surface area (Å²) in [6.07, 6.45) is 2.35. The van der Waals surface area contributed by atoms with Crippen LogP contribution < -0.4 is 0 Å². The Morgan fingerprint density at radius 2 is 1.41 bits per heavy atom. The summed E-state index contributed by atoms with van der Waals surface area (Å²) in [5.41, 5.74) is 3.99. The molecule has 0 aliphatic heterocycles. The highest BCUT2D eigenvalue weighted by atomic mass is 16.5. The lowest BCUT2D eigenvalue weighted by molar-refractivity contribution is 0.124. The molecule has 0 fully saturated rings. The van der Waals surface area contributed by atoms with Crippen LogP contribution in [0.1, 0.15) is 16.7 Å². The van der Waals surface area contributed by atoms with Crippen LogP contribution in [0.4, 0.5) is 0 Å². The van der Waals surface area contributed by atoms with Crippen LogP contribution in [0.15, 0.2) is 54.6 Å². The molecule has 0 saturated carbocycles. The number of rotatable bonds is 3. The van der Waals surface area contributed by atoms with E-state index in [1.807, 2.05) is 24.8 Å². The molecule has 0 unspecified atom stereocenters. The van der Waals surface area contributed by atoms with E-state index in [0.717, 1.165) is 18.4 Å². The van der Waals surface area contributed by atoms with Crippen LogP contribution in [0.2, 0.25) is 0 Å². The van der Waals surface area contributed by atoms with E-state index in [0.29, 0.717) is 6.10 Å². The maximum absolute atomic E-state index is 5.85. The highest BCUT2D eigenvalue weighted by Gasteiger charge is 2.21. The first-order chi connectivity index (χ1) is 8.42. The van der Waals surface area contributed by atoms with Gasteiger partial charge in [-0.3, -0.25) is 0 Å². The van der Waals surface area contributed by atoms with Crippen molar-refractivity contribution in [1.82, 2.24) is 0 Å². The van der Waals surface area contributed by atoms with Crippen molar-refractivity contribution < 1.29 is 4.74 Å². The predicted octanol–water partition coefficient (Wildman–Crippen LogP) is 3.38. The lowest BCUT2D eigenvalue weighted by Gasteiger charge is -2.10. The Morgan fingerprint density at radius 3 is 2.06 bits per heavy atom. The van der Waals surface area contributed by atoms with Gasteiger partial charge in [-0.25, -0.2) is 0 Å². The first kappa shape index (κ1) is 10.5. The molecular formula is C16H15O. The number of hydrogen-bond donors (Lipinski definition) is 0. The van der Waals surface area contributed by atoms with Crippen LogP contribution in [-0.2, 0) is 17.6 Å². The highest BCUT2D eigenvalue weighted by Crippen LogP contribution is 2.24. The number of ether oxygens (including phenoxy) is 1. The zero-order chi connectivity index (χ0) is 11.5. The van der Waals surface area contributed by atoms with Crippen molar-refractivity contribution in [1.29, 1.82) is 0 Å². The second kappa shape index (κ2) is 4.72. The molecule has 17 heavy (non-hydrogen) atoms. The molecule has 0 spiro atoms. The van der Waals surface area contributed by atoms with Gasteiger partial charge in [-0.05, 0) is 29.5 Å². The minimum Gasteiger partial charge on any atom is -0.367 e. The summed E-state index contributed by atoms with van der Waals surface area (Å²) in [6.45, 7) is 1.87. The molecule has 0 heterocycles. The Bertz CT molecular complexity index is 465. The third-order valence-electron chi connectivity index (χ3n) is 3.21. The van der Waals surface area contributed by atoms with Crippen molar-refractivity contribution in [2.24, 2.45) is 0 Å². The fraction of sp³-hybridized carbons (Fsp3) is 0.188. The maximum Gasteiger partial charge on any atom is 0.113 e. The summed E-state index contributed by atoms with van der Waals surface area (Å²) in [6, 6.07) is 18.8. The summed E-state index contributed by atoms with van der Waals surface area (Å²) in [7, 11) is 0. The standard InChI is InChI=1S/C16H15O/c1-2-6-13(7-3-1)12-17-16-10-14-8-4-5-9-15(14)11-16/h1-9,12,16H,10-11H2. The summed E-state index contributed by atoms with van der Waals surface area (Å²) < 4.78 is 5.85. The molecule has 0 amide bonds. The van der Waals surface area contributed by atoms with Crippen LogP contribution >= 0.6 is 0 Å². The van der Waals surface area contributed by atoms with Crippen LogP contribution in [0.3, 0.4) is 0 Å². The third kappa shape index (κ3) is 2.40. The second-order valence-corrected chi connectivity index (χ2v) is 4.46. The molecule has 0 aromatic heterocycles. The van der Waals surface area contributed by atoms with E-state index in [2.05, 4.69) is 36.4 Å². The molecule has 3 rings (SSSR count). The van der Waals surface area contributed by atoms with Crippen molar-refractivity contribution in [2.75, 3.05) is 0 Å². The van der Waals surface area contributed by atoms with Gasteiger partial charge in [-0.15, -0.1) is 0 Å². The first-order valence-electron chi connectivity index (χ1n) is 6.02. The van der Waals surface area contributed by atoms with Gasteiger partial charge >= 0.3 is 0 Å². The van der Waals surface area contributed by atoms with Crippen LogP contribution in [0.25, 0.3) is 0 Å². The van der Waals surface area contributed by atoms with E-state index >= 15 is 0 Å². The van der Waals surface area contributed by atoms with Crippen molar-refractivity contribution in [3.05, 3.63) is 77.9 Å². The predicted molar refractivity (Wildman–Crippen MR) is 68.6 cm³/mol. The molecule has 85 valence electrons. The molecule has 1 heteroatoms. The van der Waals surface area contributed by atoms with Crippen molar-refractivity contribution in [3.8, 4) is 0 Å². The molecule has 1 nitrogen and oxygen atoms in total. The number of hydrogen-bond acceptors (Lipinski definition) is 1. The monoisotopic (exact) mass is 223 g/mol. The Hall–Kier alpha value is -1.60. The quantitative estimate of drug-likeness (QED) is 0.775. The van der Waals surface area contributed by atoms with Crippen LogP contribution in [-0.4, -0.2) is 6.10 Å². The maximum atomic E-state index is 5.85. The van der Waals surface area contributed by atoms with E-state index < -0.39 is 0 Å². The van der Waals surface area contributed by atoms with Gasteiger partial charge in [0.15, 0.2) is 0 Å². The van der Waals surface area contributed by atoms with Crippen LogP contribution in [0, 0.1) is 6.61 Å². The summed E-state index contributed by atoms with van der Waals surface area (Å²) in [4.78, 5) is 0. The molecule has 2 aromatic rings. The second-order valence-electron chi connectivity index (χ2n) is 4.46. The zero-order valence-corrected chi connectivity index (χ0v) is 9.67. The molecule has 1 aliphatic rings. The Balaban J connectivity index is 1.59. The summed E-state index contributed by atoms with van der Waals surface area (Å²) in [5.74, 6) is 0. The van der Waals surface area contributed by atoms with Crippen LogP contribution in [0.5, 0.6) is 0 Å². The van der Waals surface area contributed by atoms with Crippen molar-refractivity contribution in [3.63, 3.8) is 0 Å². The molecule has 0 saturated heterocycles. The van der Waals surface area contributed by atoms with E-state index in [4.69, 9.17) is 4.74 Å². The third-order valence-corrected chi connectivity index (χ3v) is 3.21. The number of benzene rings is 2. The van der Waals surface area contributed by atoms with E-state index in [1.165, 1.54) is 11.1 Å². The average molecular weight is 223 g/mol. The SMILES string of the molecule is [CH](OC1Cc2ccccc2C1)c1ccccc1. The summed E-state index contributed by atoms with van der Waals surface area (Å²) >= 11 is 0. The molecule has 1 aliphatic carbocycles. The van der Waals surface area contributed by atoms with Gasteiger partial charge in [-0.1, -0.05) is 54.6 Å². The molecule has 0 bridgehead atoms. The van der Waals surface area contributed by atoms with Gasteiger partial charge in [0, 0.05) is 0 Å². The molecule has 0 atom stereocenters. The minimum absolute atomic E-state index is 0.299. The summed E-state index contributed by atoms with van der Waals surface area (Å²) in [5, 5.41) is 0. The highest BCUT2D eigenvalue weighted by molar-refractivity contribution is 5.33. The Labute approximate surface area is 102 Å². The van der Waals surface area contributed by atoms with Gasteiger partial charge in [-0.2, -0.15) is 0 Å². The van der Waals surface area contributed by atoms with E-state index in [9.17, 15) is 0 Å². The van der Waals surface area contributed by atoms with E-state index in [-0.39, 0.29) is 0 Å². The van der Waals surface area contributed by atoms with Crippen molar-refractivity contribution in [2.45, 2.75) is 18.9 Å². The first-order valence-corrected chi connectivity index (χ1v) is 6.02. The lowest BCUT2D eigenvalue weighted by atomic mass is 10.1. The lowest BCUT2D eigenvalue weighted by Crippen LogP contribution is -2.11. The van der Waals surface area contributed by atoms with Gasteiger partial charge < -0.3 is 4.74 Å². The Kier molecular flexibility index (Phi) is 2.93. The number of fused-ring (bicyclic) bond motifs is 1. The topological polar surface area (TPSA) is 9.23 Å². The van der Waals surface area contributed by atoms with Gasteiger partial charge in [0.05, 0.1) is 6.10 Å². The largest absolute Gasteiger partial charge is 0.367 e. The molecular weight excluding hydrogens is 208 g/mol. The minimum atomic E-state index is 0.299.